The number of benzene rings is 1. The van der Waals surface area contributed by atoms with Crippen LogP contribution in [0.1, 0.15) is 12.0 Å². The van der Waals surface area contributed by atoms with Gasteiger partial charge in [0.1, 0.15) is 0 Å². The van der Waals surface area contributed by atoms with Gasteiger partial charge < -0.3 is 0 Å². The van der Waals surface area contributed by atoms with Crippen molar-refractivity contribution >= 4 is 23.6 Å². The molecule has 100 valence electrons. The first-order valence-electron chi connectivity index (χ1n) is 6.27. The maximum Gasteiger partial charge on any atom is 0.261 e. The van der Waals surface area contributed by atoms with Gasteiger partial charge in [-0.2, -0.15) is 5.10 Å². The molecule has 1 fully saturated rings. The van der Waals surface area contributed by atoms with E-state index in [4.69, 9.17) is 0 Å². The van der Waals surface area contributed by atoms with E-state index in [0.717, 1.165) is 5.56 Å². The standard InChI is InChI=1S/C15H13N3O2/c1-17-10-11(9-16-17)7-12-8-14(19)18(15(12)20)13-5-3-2-4-6-13/h2-7,9-10H,8H2,1H3/b12-7+. The molecular weight excluding hydrogens is 254 g/mol. The van der Waals surface area contributed by atoms with E-state index in [1.807, 2.05) is 6.07 Å². The van der Waals surface area contributed by atoms with E-state index >= 15 is 0 Å². The summed E-state index contributed by atoms with van der Waals surface area (Å²) in [5, 5.41) is 4.04. The van der Waals surface area contributed by atoms with E-state index in [2.05, 4.69) is 5.10 Å². The molecule has 1 saturated heterocycles. The van der Waals surface area contributed by atoms with E-state index in [0.29, 0.717) is 11.3 Å². The zero-order valence-electron chi connectivity index (χ0n) is 11.0. The Morgan fingerprint density at radius 3 is 2.60 bits per heavy atom. The van der Waals surface area contributed by atoms with Crippen molar-refractivity contribution < 1.29 is 9.59 Å². The highest BCUT2D eigenvalue weighted by Gasteiger charge is 2.34. The predicted octanol–water partition coefficient (Wildman–Crippen LogP) is 1.77. The lowest BCUT2D eigenvalue weighted by atomic mass is 10.1. The Kier molecular flexibility index (Phi) is 2.95. The lowest BCUT2D eigenvalue weighted by Gasteiger charge is -2.12. The smallest absolute Gasteiger partial charge is 0.261 e. The number of aryl methyl sites for hydroxylation is 1. The van der Waals surface area contributed by atoms with E-state index in [1.165, 1.54) is 4.90 Å². The fraction of sp³-hybridized carbons (Fsp3) is 0.133. The van der Waals surface area contributed by atoms with Gasteiger partial charge in [-0.25, -0.2) is 4.90 Å². The molecule has 2 aromatic rings. The van der Waals surface area contributed by atoms with E-state index in [1.54, 1.807) is 54.5 Å². The number of anilines is 1. The molecule has 2 heterocycles. The number of hydrogen-bond donors (Lipinski definition) is 0. The van der Waals surface area contributed by atoms with Crippen molar-refractivity contribution in [3.8, 4) is 0 Å². The lowest BCUT2D eigenvalue weighted by molar-refractivity contribution is -0.120. The summed E-state index contributed by atoms with van der Waals surface area (Å²) in [6, 6.07) is 8.96. The minimum atomic E-state index is -0.259. The number of carbonyl (C=O) groups is 2. The molecule has 1 aromatic heterocycles. The fourth-order valence-electron chi connectivity index (χ4n) is 2.24. The highest BCUT2D eigenvalue weighted by molar-refractivity contribution is 6.29. The van der Waals surface area contributed by atoms with Gasteiger partial charge >= 0.3 is 0 Å². The molecule has 0 aliphatic carbocycles. The minimum absolute atomic E-state index is 0.128. The fourth-order valence-corrected chi connectivity index (χ4v) is 2.24. The highest BCUT2D eigenvalue weighted by atomic mass is 16.2. The van der Waals surface area contributed by atoms with E-state index < -0.39 is 0 Å². The third kappa shape index (κ3) is 2.14. The molecule has 0 spiro atoms. The maximum atomic E-state index is 12.3. The highest BCUT2D eigenvalue weighted by Crippen LogP contribution is 2.26. The number of amides is 2. The van der Waals surface area contributed by atoms with Crippen LogP contribution >= 0.6 is 0 Å². The molecule has 0 bridgehead atoms. The third-order valence-electron chi connectivity index (χ3n) is 3.15. The average molecular weight is 267 g/mol. The number of nitrogens with zero attached hydrogens (tertiary/aromatic N) is 3. The van der Waals surface area contributed by atoms with Crippen LogP contribution in [-0.4, -0.2) is 21.6 Å². The number of para-hydroxylation sites is 1. The first-order chi connectivity index (χ1) is 9.65. The van der Waals surface area contributed by atoms with Gasteiger partial charge in [-0.3, -0.25) is 14.3 Å². The van der Waals surface area contributed by atoms with Crippen LogP contribution in [-0.2, 0) is 16.6 Å². The summed E-state index contributed by atoms with van der Waals surface area (Å²) in [5.41, 5.74) is 1.92. The van der Waals surface area contributed by atoms with Gasteiger partial charge in [-0.1, -0.05) is 18.2 Å². The Labute approximate surface area is 116 Å². The van der Waals surface area contributed by atoms with Crippen molar-refractivity contribution in [3.63, 3.8) is 0 Å². The van der Waals surface area contributed by atoms with Crippen molar-refractivity contribution in [2.75, 3.05) is 4.90 Å². The number of rotatable bonds is 2. The van der Waals surface area contributed by atoms with Crippen LogP contribution in [0.5, 0.6) is 0 Å². The molecule has 5 heteroatoms. The third-order valence-corrected chi connectivity index (χ3v) is 3.15. The second kappa shape index (κ2) is 4.77. The largest absolute Gasteiger partial charge is 0.275 e. The number of imide groups is 1. The first-order valence-corrected chi connectivity index (χ1v) is 6.27. The van der Waals surface area contributed by atoms with Gasteiger partial charge in [0.25, 0.3) is 5.91 Å². The van der Waals surface area contributed by atoms with Gasteiger partial charge in [0.2, 0.25) is 5.91 Å². The van der Waals surface area contributed by atoms with Gasteiger partial charge in [-0.05, 0) is 18.2 Å². The molecule has 1 aliphatic heterocycles. The normalized spacial score (nSPS) is 17.2. The number of hydrogen-bond acceptors (Lipinski definition) is 3. The van der Waals surface area contributed by atoms with Crippen LogP contribution in [0.2, 0.25) is 0 Å². The molecule has 0 unspecified atom stereocenters. The average Bonchev–Trinajstić information content (AvgIpc) is 2.96. The summed E-state index contributed by atoms with van der Waals surface area (Å²) in [4.78, 5) is 25.6. The Hall–Kier alpha value is -2.69. The van der Waals surface area contributed by atoms with Crippen molar-refractivity contribution in [2.24, 2.45) is 7.05 Å². The molecule has 1 aromatic carbocycles. The molecule has 2 amide bonds. The Bertz CT molecular complexity index is 701. The summed E-state index contributed by atoms with van der Waals surface area (Å²) >= 11 is 0. The van der Waals surface area contributed by atoms with Crippen LogP contribution in [0.4, 0.5) is 5.69 Å². The molecule has 5 nitrogen and oxygen atoms in total. The quantitative estimate of drug-likeness (QED) is 0.615. The summed E-state index contributed by atoms with van der Waals surface area (Å²) in [7, 11) is 1.81. The van der Waals surface area contributed by atoms with Crippen LogP contribution in [0.15, 0.2) is 48.3 Å². The Morgan fingerprint density at radius 1 is 1.20 bits per heavy atom. The first kappa shape index (κ1) is 12.3. The van der Waals surface area contributed by atoms with Crippen LogP contribution in [0, 0.1) is 0 Å². The van der Waals surface area contributed by atoms with Crippen molar-refractivity contribution in [1.82, 2.24) is 9.78 Å². The second-order valence-corrected chi connectivity index (χ2v) is 4.66. The van der Waals surface area contributed by atoms with Crippen LogP contribution in [0.3, 0.4) is 0 Å². The molecule has 0 N–H and O–H groups in total. The van der Waals surface area contributed by atoms with Crippen molar-refractivity contribution in [3.05, 3.63) is 53.9 Å². The molecule has 0 radical (unpaired) electrons. The molecule has 20 heavy (non-hydrogen) atoms. The zero-order valence-corrected chi connectivity index (χ0v) is 11.0. The van der Waals surface area contributed by atoms with Gasteiger partial charge in [-0.15, -0.1) is 0 Å². The topological polar surface area (TPSA) is 55.2 Å². The Morgan fingerprint density at radius 2 is 1.95 bits per heavy atom. The van der Waals surface area contributed by atoms with E-state index in [9.17, 15) is 9.59 Å². The summed E-state index contributed by atoms with van der Waals surface area (Å²) < 4.78 is 1.66. The lowest BCUT2D eigenvalue weighted by Crippen LogP contribution is -2.28. The van der Waals surface area contributed by atoms with Gasteiger partial charge in [0.05, 0.1) is 18.3 Å². The minimum Gasteiger partial charge on any atom is -0.275 e. The van der Waals surface area contributed by atoms with Crippen molar-refractivity contribution in [1.29, 1.82) is 0 Å². The monoisotopic (exact) mass is 267 g/mol. The predicted molar refractivity (Wildman–Crippen MR) is 74.7 cm³/mol. The number of carbonyl (C=O) groups excluding carboxylic acids is 2. The number of aromatic nitrogens is 2. The Balaban J connectivity index is 1.93. The molecule has 0 saturated carbocycles. The second-order valence-electron chi connectivity index (χ2n) is 4.66. The summed E-state index contributed by atoms with van der Waals surface area (Å²) in [5.74, 6) is -0.457. The summed E-state index contributed by atoms with van der Waals surface area (Å²) in [6.45, 7) is 0. The van der Waals surface area contributed by atoms with Crippen molar-refractivity contribution in [2.45, 2.75) is 6.42 Å². The van der Waals surface area contributed by atoms with Gasteiger partial charge in [0, 0.05) is 24.4 Å². The molecule has 0 atom stereocenters. The van der Waals surface area contributed by atoms with Crippen LogP contribution in [0.25, 0.3) is 6.08 Å². The zero-order chi connectivity index (χ0) is 14.1. The van der Waals surface area contributed by atoms with Gasteiger partial charge in [0.15, 0.2) is 0 Å². The SMILES string of the molecule is Cn1cc(/C=C2\CC(=O)N(c3ccccc3)C2=O)cn1. The molecular formula is C15H13N3O2. The van der Waals surface area contributed by atoms with Crippen LogP contribution < -0.4 is 4.90 Å². The summed E-state index contributed by atoms with van der Waals surface area (Å²) in [6.07, 6.45) is 5.31. The maximum absolute atomic E-state index is 12.3. The molecule has 1 aliphatic rings. The van der Waals surface area contributed by atoms with E-state index in [-0.39, 0.29) is 18.2 Å². The molecule has 3 rings (SSSR count).